The van der Waals surface area contributed by atoms with E-state index in [4.69, 9.17) is 10.2 Å². The Morgan fingerprint density at radius 1 is 1.06 bits per heavy atom. The third kappa shape index (κ3) is 3.40. The molecule has 0 spiro atoms. The Morgan fingerprint density at radius 2 is 1.47 bits per heavy atom. The zero-order valence-electron chi connectivity index (χ0n) is 8.31. The second kappa shape index (κ2) is 4.68. The SMILES string of the molecule is CC(=C(CC(=O)O)C(=O)O)C(F)(F)C(F)(F)F. The molecule has 17 heavy (non-hydrogen) atoms. The van der Waals surface area contributed by atoms with Gasteiger partial charge in [-0.3, -0.25) is 4.79 Å². The third-order valence-corrected chi connectivity index (χ3v) is 1.87. The number of carboxylic acid groups (broad SMARTS) is 2. The molecule has 0 fully saturated rings. The van der Waals surface area contributed by atoms with Gasteiger partial charge in [-0.25, -0.2) is 4.79 Å². The van der Waals surface area contributed by atoms with Crippen LogP contribution in [0.5, 0.6) is 0 Å². The predicted molar refractivity (Wildman–Crippen MR) is 43.6 cm³/mol. The molecule has 0 aliphatic heterocycles. The lowest BCUT2D eigenvalue weighted by atomic mass is 10.0. The van der Waals surface area contributed by atoms with E-state index in [0.29, 0.717) is 0 Å². The van der Waals surface area contributed by atoms with Crippen molar-refractivity contribution in [2.75, 3.05) is 0 Å². The molecular formula is C8H7F5O4. The van der Waals surface area contributed by atoms with Crippen LogP contribution in [0.25, 0.3) is 0 Å². The van der Waals surface area contributed by atoms with Crippen LogP contribution in [-0.2, 0) is 9.59 Å². The van der Waals surface area contributed by atoms with E-state index in [9.17, 15) is 31.5 Å². The maximum atomic E-state index is 12.7. The largest absolute Gasteiger partial charge is 0.481 e. The quantitative estimate of drug-likeness (QED) is 0.600. The topological polar surface area (TPSA) is 74.6 Å². The van der Waals surface area contributed by atoms with Gasteiger partial charge >= 0.3 is 24.0 Å². The molecule has 0 rings (SSSR count). The maximum absolute atomic E-state index is 12.7. The second-order valence-corrected chi connectivity index (χ2v) is 3.05. The molecule has 0 aromatic carbocycles. The van der Waals surface area contributed by atoms with Crippen LogP contribution in [-0.4, -0.2) is 34.3 Å². The van der Waals surface area contributed by atoms with Crippen LogP contribution in [0.2, 0.25) is 0 Å². The molecule has 0 bridgehead atoms. The van der Waals surface area contributed by atoms with Crippen molar-refractivity contribution in [2.45, 2.75) is 25.4 Å². The number of alkyl halides is 5. The van der Waals surface area contributed by atoms with Gasteiger partial charge in [0.05, 0.1) is 12.0 Å². The van der Waals surface area contributed by atoms with E-state index in [1.807, 2.05) is 0 Å². The first-order chi connectivity index (χ1) is 7.41. The number of aliphatic carboxylic acids is 2. The molecule has 2 N–H and O–H groups in total. The van der Waals surface area contributed by atoms with Crippen LogP contribution >= 0.6 is 0 Å². The summed E-state index contributed by atoms with van der Waals surface area (Å²) in [4.78, 5) is 20.6. The molecule has 9 heteroatoms. The van der Waals surface area contributed by atoms with Gasteiger partial charge in [0.1, 0.15) is 0 Å². The fourth-order valence-electron chi connectivity index (χ4n) is 0.922. The summed E-state index contributed by atoms with van der Waals surface area (Å²) in [7, 11) is 0. The molecule has 0 saturated heterocycles. The van der Waals surface area contributed by atoms with Crippen LogP contribution in [0.3, 0.4) is 0 Å². The standard InChI is InChI=1S/C8H7F5O4/c1-3(7(9,10)8(11,12)13)4(6(16)17)2-5(14)15/h2H2,1H3,(H,14,15)(H,16,17). The lowest BCUT2D eigenvalue weighted by Crippen LogP contribution is -2.38. The van der Waals surface area contributed by atoms with Crippen LogP contribution in [0, 0.1) is 0 Å². The Hall–Kier alpha value is -1.67. The molecule has 0 amide bonds. The summed E-state index contributed by atoms with van der Waals surface area (Å²) in [6.45, 7) is 0.236. The van der Waals surface area contributed by atoms with E-state index in [-0.39, 0.29) is 6.92 Å². The van der Waals surface area contributed by atoms with Crippen LogP contribution in [0.1, 0.15) is 13.3 Å². The smallest absolute Gasteiger partial charge is 0.457 e. The van der Waals surface area contributed by atoms with Gasteiger partial charge in [-0.15, -0.1) is 0 Å². The predicted octanol–water partition coefficient (Wildman–Crippen LogP) is 2.06. The number of allylic oxidation sites excluding steroid dienone is 1. The second-order valence-electron chi connectivity index (χ2n) is 3.05. The van der Waals surface area contributed by atoms with Crippen molar-refractivity contribution >= 4 is 11.9 Å². The Bertz CT molecular complexity index is 369. The first kappa shape index (κ1) is 15.3. The molecule has 0 aliphatic rings. The van der Waals surface area contributed by atoms with E-state index in [2.05, 4.69) is 0 Å². The van der Waals surface area contributed by atoms with Gasteiger partial charge < -0.3 is 10.2 Å². The van der Waals surface area contributed by atoms with E-state index < -0.39 is 41.6 Å². The van der Waals surface area contributed by atoms with Crippen LogP contribution in [0.4, 0.5) is 22.0 Å². The molecule has 0 unspecified atom stereocenters. The van der Waals surface area contributed by atoms with Gasteiger partial charge in [-0.1, -0.05) is 0 Å². The van der Waals surface area contributed by atoms with Gasteiger partial charge in [0.15, 0.2) is 0 Å². The Morgan fingerprint density at radius 3 is 1.71 bits per heavy atom. The van der Waals surface area contributed by atoms with E-state index in [1.165, 1.54) is 0 Å². The zero-order valence-corrected chi connectivity index (χ0v) is 8.31. The van der Waals surface area contributed by atoms with Crippen molar-refractivity contribution in [3.8, 4) is 0 Å². The molecule has 4 nitrogen and oxygen atoms in total. The molecule has 0 aromatic heterocycles. The van der Waals surface area contributed by atoms with Crippen LogP contribution in [0.15, 0.2) is 11.1 Å². The third-order valence-electron chi connectivity index (χ3n) is 1.87. The molecule has 0 radical (unpaired) electrons. The minimum atomic E-state index is -5.98. The van der Waals surface area contributed by atoms with Gasteiger partial charge in [-0.05, 0) is 6.92 Å². The normalized spacial score (nSPS) is 14.2. The summed E-state index contributed by atoms with van der Waals surface area (Å²) < 4.78 is 61.3. The highest BCUT2D eigenvalue weighted by atomic mass is 19.4. The number of hydrogen-bond donors (Lipinski definition) is 2. The minimum absolute atomic E-state index is 0.236. The fraction of sp³-hybridized carbons (Fsp3) is 0.500. The Kier molecular flexibility index (Phi) is 4.22. The van der Waals surface area contributed by atoms with Crippen molar-refractivity contribution in [3.63, 3.8) is 0 Å². The monoisotopic (exact) mass is 262 g/mol. The molecule has 0 aliphatic carbocycles. The van der Waals surface area contributed by atoms with E-state index >= 15 is 0 Å². The van der Waals surface area contributed by atoms with E-state index in [0.717, 1.165) is 0 Å². The Balaban J connectivity index is 5.65. The number of carboxylic acids is 2. The molecule has 0 heterocycles. The summed E-state index contributed by atoms with van der Waals surface area (Å²) in [6.07, 6.45) is -7.40. The van der Waals surface area contributed by atoms with Crippen molar-refractivity contribution < 1.29 is 41.8 Å². The highest BCUT2D eigenvalue weighted by molar-refractivity contribution is 5.93. The molecular weight excluding hydrogens is 255 g/mol. The van der Waals surface area contributed by atoms with Gasteiger partial charge in [0.2, 0.25) is 0 Å². The lowest BCUT2D eigenvalue weighted by molar-refractivity contribution is -0.264. The number of hydrogen-bond acceptors (Lipinski definition) is 2. The Labute approximate surface area is 91.3 Å². The lowest BCUT2D eigenvalue weighted by Gasteiger charge is -2.21. The number of carbonyl (C=O) groups is 2. The molecule has 0 aromatic rings. The summed E-state index contributed by atoms with van der Waals surface area (Å²) in [6, 6.07) is 0. The van der Waals surface area contributed by atoms with Gasteiger partial charge in [-0.2, -0.15) is 22.0 Å². The first-order valence-electron chi connectivity index (χ1n) is 4.01. The van der Waals surface area contributed by atoms with E-state index in [1.54, 1.807) is 0 Å². The summed E-state index contributed by atoms with van der Waals surface area (Å²) >= 11 is 0. The molecule has 0 atom stereocenters. The van der Waals surface area contributed by atoms with Gasteiger partial charge in [0.25, 0.3) is 0 Å². The number of rotatable bonds is 4. The average Bonchev–Trinajstić information content (AvgIpc) is 2.10. The highest BCUT2D eigenvalue weighted by Crippen LogP contribution is 2.42. The average molecular weight is 262 g/mol. The van der Waals surface area contributed by atoms with Crippen molar-refractivity contribution in [2.24, 2.45) is 0 Å². The van der Waals surface area contributed by atoms with Crippen LogP contribution < -0.4 is 0 Å². The highest BCUT2D eigenvalue weighted by Gasteiger charge is 2.59. The minimum Gasteiger partial charge on any atom is -0.481 e. The maximum Gasteiger partial charge on any atom is 0.457 e. The summed E-state index contributed by atoms with van der Waals surface area (Å²) in [5.41, 5.74) is -3.32. The summed E-state index contributed by atoms with van der Waals surface area (Å²) in [5.74, 6) is -9.33. The van der Waals surface area contributed by atoms with Crippen molar-refractivity contribution in [1.29, 1.82) is 0 Å². The van der Waals surface area contributed by atoms with Crippen molar-refractivity contribution in [3.05, 3.63) is 11.1 Å². The van der Waals surface area contributed by atoms with Gasteiger partial charge in [0, 0.05) is 5.57 Å². The zero-order chi connectivity index (χ0) is 14.0. The fourth-order valence-corrected chi connectivity index (χ4v) is 0.922. The first-order valence-corrected chi connectivity index (χ1v) is 4.01. The number of halogens is 5. The summed E-state index contributed by atoms with van der Waals surface area (Å²) in [5, 5.41) is 16.6. The molecule has 98 valence electrons. The van der Waals surface area contributed by atoms with Crippen molar-refractivity contribution in [1.82, 2.24) is 0 Å². The molecule has 0 saturated carbocycles.